The first-order valence-corrected chi connectivity index (χ1v) is 4.49. The number of benzene rings is 1. The molecule has 2 rings (SSSR count). The smallest absolute Gasteiger partial charge is 0.164 e. The number of hydrogen-bond acceptors (Lipinski definition) is 4. The van der Waals surface area contributed by atoms with Crippen LogP contribution in [0.4, 0.5) is 0 Å². The van der Waals surface area contributed by atoms with E-state index in [0.717, 1.165) is 0 Å². The lowest BCUT2D eigenvalue weighted by Gasteiger charge is -2.04. The topological polar surface area (TPSA) is 55.2 Å². The summed E-state index contributed by atoms with van der Waals surface area (Å²) in [7, 11) is 0. The van der Waals surface area contributed by atoms with Crippen LogP contribution >= 0.6 is 0 Å². The van der Waals surface area contributed by atoms with E-state index in [1.807, 2.05) is 6.92 Å². The molecule has 0 spiro atoms. The Bertz CT molecular complexity index is 394. The van der Waals surface area contributed by atoms with Gasteiger partial charge in [-0.25, -0.2) is 9.97 Å². The van der Waals surface area contributed by atoms with Crippen LogP contribution in [0, 0.1) is 6.92 Å². The van der Waals surface area contributed by atoms with E-state index in [1.165, 1.54) is 0 Å². The van der Waals surface area contributed by atoms with Crippen molar-refractivity contribution < 1.29 is 9.84 Å². The Hall–Kier alpha value is -2.10. The predicted octanol–water partition coefficient (Wildman–Crippen LogP) is 2.28. The third-order valence-corrected chi connectivity index (χ3v) is 1.83. The number of hydrogen-bond donors (Lipinski definition) is 1. The summed E-state index contributed by atoms with van der Waals surface area (Å²) in [5, 5.41) is 9.08. The number of phenolic OH excluding ortho intramolecular Hbond substituents is 1. The van der Waals surface area contributed by atoms with Crippen molar-refractivity contribution in [3.05, 3.63) is 42.5 Å². The molecular formula is C11H10N2O2. The van der Waals surface area contributed by atoms with Crippen LogP contribution in [0.5, 0.6) is 17.2 Å². The Balaban J connectivity index is 2.15. The molecule has 15 heavy (non-hydrogen) atoms. The van der Waals surface area contributed by atoms with Crippen molar-refractivity contribution in [1.29, 1.82) is 0 Å². The molecule has 0 amide bonds. The Kier molecular flexibility index (Phi) is 2.49. The highest BCUT2D eigenvalue weighted by molar-refractivity contribution is 5.33. The highest BCUT2D eigenvalue weighted by Crippen LogP contribution is 2.21. The summed E-state index contributed by atoms with van der Waals surface area (Å²) in [6.45, 7) is 1.81. The molecule has 0 saturated carbocycles. The first kappa shape index (κ1) is 9.45. The normalized spacial score (nSPS) is 9.93. The van der Waals surface area contributed by atoms with Crippen LogP contribution in [0.3, 0.4) is 0 Å². The fourth-order valence-electron chi connectivity index (χ4n) is 1.08. The molecule has 2 aromatic rings. The van der Waals surface area contributed by atoms with Crippen molar-refractivity contribution >= 4 is 0 Å². The van der Waals surface area contributed by atoms with Gasteiger partial charge in [0.15, 0.2) is 5.75 Å². The van der Waals surface area contributed by atoms with Gasteiger partial charge in [0.2, 0.25) is 0 Å². The summed E-state index contributed by atoms with van der Waals surface area (Å²) >= 11 is 0. The van der Waals surface area contributed by atoms with Gasteiger partial charge in [-0.1, -0.05) is 0 Å². The van der Waals surface area contributed by atoms with Crippen LogP contribution in [0.15, 0.2) is 36.7 Å². The van der Waals surface area contributed by atoms with Gasteiger partial charge in [-0.2, -0.15) is 0 Å². The largest absolute Gasteiger partial charge is 0.508 e. The van der Waals surface area contributed by atoms with E-state index in [4.69, 9.17) is 9.84 Å². The van der Waals surface area contributed by atoms with Crippen LogP contribution in [0.1, 0.15) is 5.82 Å². The molecule has 0 radical (unpaired) electrons. The zero-order valence-corrected chi connectivity index (χ0v) is 8.21. The van der Waals surface area contributed by atoms with Gasteiger partial charge in [0, 0.05) is 0 Å². The molecule has 0 atom stereocenters. The van der Waals surface area contributed by atoms with E-state index in [1.54, 1.807) is 36.7 Å². The molecule has 1 heterocycles. The van der Waals surface area contributed by atoms with Crippen molar-refractivity contribution in [2.75, 3.05) is 0 Å². The van der Waals surface area contributed by atoms with E-state index in [9.17, 15) is 0 Å². The highest BCUT2D eigenvalue weighted by Gasteiger charge is 1.97. The number of nitrogens with zero attached hydrogens (tertiary/aromatic N) is 2. The minimum absolute atomic E-state index is 0.211. The molecule has 4 heteroatoms. The standard InChI is InChI=1S/C11H10N2O2/c1-8-12-6-11(7-13-8)15-10-4-2-9(14)3-5-10/h2-7,14H,1H3. The second kappa shape index (κ2) is 3.96. The average Bonchev–Trinajstić information content (AvgIpc) is 2.25. The fourth-order valence-corrected chi connectivity index (χ4v) is 1.08. The predicted molar refractivity (Wildman–Crippen MR) is 54.9 cm³/mol. The van der Waals surface area contributed by atoms with Gasteiger partial charge in [-0.15, -0.1) is 0 Å². The Labute approximate surface area is 87.2 Å². The molecule has 0 unspecified atom stereocenters. The number of ether oxygens (including phenoxy) is 1. The molecule has 0 aliphatic rings. The van der Waals surface area contributed by atoms with Crippen molar-refractivity contribution in [1.82, 2.24) is 9.97 Å². The van der Waals surface area contributed by atoms with Gasteiger partial charge in [-0.05, 0) is 31.2 Å². The monoisotopic (exact) mass is 202 g/mol. The maximum Gasteiger partial charge on any atom is 0.164 e. The second-order valence-corrected chi connectivity index (χ2v) is 3.06. The summed E-state index contributed by atoms with van der Waals surface area (Å²) in [6, 6.07) is 6.47. The molecule has 1 N–H and O–H groups in total. The Morgan fingerprint density at radius 3 is 2.20 bits per heavy atom. The molecule has 1 aromatic heterocycles. The van der Waals surface area contributed by atoms with Gasteiger partial charge < -0.3 is 9.84 Å². The molecule has 4 nitrogen and oxygen atoms in total. The first-order valence-electron chi connectivity index (χ1n) is 4.49. The number of rotatable bonds is 2. The number of aromatic nitrogens is 2. The molecule has 0 aliphatic carbocycles. The molecule has 0 aliphatic heterocycles. The average molecular weight is 202 g/mol. The van der Waals surface area contributed by atoms with E-state index in [2.05, 4.69) is 9.97 Å². The molecule has 0 bridgehead atoms. The van der Waals surface area contributed by atoms with Crippen molar-refractivity contribution in [2.24, 2.45) is 0 Å². The van der Waals surface area contributed by atoms with Crippen molar-refractivity contribution in [3.63, 3.8) is 0 Å². The van der Waals surface area contributed by atoms with E-state index in [0.29, 0.717) is 17.3 Å². The summed E-state index contributed by atoms with van der Waals surface area (Å²) in [5.74, 6) is 2.13. The lowest BCUT2D eigenvalue weighted by Crippen LogP contribution is -1.89. The number of aryl methyl sites for hydroxylation is 1. The minimum Gasteiger partial charge on any atom is -0.508 e. The van der Waals surface area contributed by atoms with Crippen LogP contribution in [0.25, 0.3) is 0 Å². The summed E-state index contributed by atoms with van der Waals surface area (Å²) in [6.07, 6.45) is 3.21. The zero-order valence-electron chi connectivity index (χ0n) is 8.21. The quantitative estimate of drug-likeness (QED) is 0.811. The van der Waals surface area contributed by atoms with E-state index < -0.39 is 0 Å². The Morgan fingerprint density at radius 2 is 1.60 bits per heavy atom. The van der Waals surface area contributed by atoms with Crippen molar-refractivity contribution in [2.45, 2.75) is 6.92 Å². The van der Waals surface area contributed by atoms with Crippen LogP contribution in [-0.4, -0.2) is 15.1 Å². The van der Waals surface area contributed by atoms with Crippen LogP contribution < -0.4 is 4.74 Å². The molecule has 1 aromatic carbocycles. The van der Waals surface area contributed by atoms with Gasteiger partial charge in [0.25, 0.3) is 0 Å². The van der Waals surface area contributed by atoms with Gasteiger partial charge in [0.05, 0.1) is 12.4 Å². The van der Waals surface area contributed by atoms with Gasteiger partial charge >= 0.3 is 0 Å². The third kappa shape index (κ3) is 2.43. The highest BCUT2D eigenvalue weighted by atomic mass is 16.5. The molecule has 0 fully saturated rings. The summed E-state index contributed by atoms with van der Waals surface area (Å²) in [5.41, 5.74) is 0. The first-order chi connectivity index (χ1) is 7.24. The number of aromatic hydroxyl groups is 1. The second-order valence-electron chi connectivity index (χ2n) is 3.06. The van der Waals surface area contributed by atoms with Gasteiger partial charge in [-0.3, -0.25) is 0 Å². The van der Waals surface area contributed by atoms with E-state index >= 15 is 0 Å². The lowest BCUT2D eigenvalue weighted by molar-refractivity contribution is 0.462. The Morgan fingerprint density at radius 1 is 1.00 bits per heavy atom. The van der Waals surface area contributed by atoms with E-state index in [-0.39, 0.29) is 5.75 Å². The van der Waals surface area contributed by atoms with Crippen LogP contribution in [-0.2, 0) is 0 Å². The maximum atomic E-state index is 9.08. The SMILES string of the molecule is Cc1ncc(Oc2ccc(O)cc2)cn1. The summed E-state index contributed by atoms with van der Waals surface area (Å²) < 4.78 is 5.45. The molecule has 76 valence electrons. The molecule has 0 saturated heterocycles. The van der Waals surface area contributed by atoms with Crippen LogP contribution in [0.2, 0.25) is 0 Å². The third-order valence-electron chi connectivity index (χ3n) is 1.83. The minimum atomic E-state index is 0.211. The number of phenols is 1. The van der Waals surface area contributed by atoms with Gasteiger partial charge in [0.1, 0.15) is 17.3 Å². The fraction of sp³-hybridized carbons (Fsp3) is 0.0909. The lowest BCUT2D eigenvalue weighted by atomic mass is 10.3. The van der Waals surface area contributed by atoms with Crippen molar-refractivity contribution in [3.8, 4) is 17.2 Å². The summed E-state index contributed by atoms with van der Waals surface area (Å²) in [4.78, 5) is 8.01. The molecular weight excluding hydrogens is 192 g/mol. The zero-order chi connectivity index (χ0) is 10.7. The maximum absolute atomic E-state index is 9.08.